The van der Waals surface area contributed by atoms with Gasteiger partial charge < -0.3 is 15.0 Å². The number of nitrogens with zero attached hydrogens (tertiary/aromatic N) is 2. The van der Waals surface area contributed by atoms with Crippen molar-refractivity contribution in [2.75, 3.05) is 30.9 Å². The lowest BCUT2D eigenvalue weighted by molar-refractivity contribution is -0.146. The van der Waals surface area contributed by atoms with E-state index < -0.39 is 47.3 Å². The second-order valence-corrected chi connectivity index (χ2v) is 8.12. The van der Waals surface area contributed by atoms with E-state index in [0.29, 0.717) is 5.56 Å². The molecule has 3 rings (SSSR count). The Hall–Kier alpha value is -3.89. The molecular weight excluding hydrogens is 465 g/mol. The van der Waals surface area contributed by atoms with Gasteiger partial charge in [-0.05, 0) is 42.8 Å². The largest absolute Gasteiger partial charge is 0.466 e. The molecule has 3 atom stereocenters. The number of carbonyl (C=O) groups is 3. The predicted octanol–water partition coefficient (Wildman–Crippen LogP) is 3.29. The van der Waals surface area contributed by atoms with Crippen molar-refractivity contribution in [3.63, 3.8) is 0 Å². The van der Waals surface area contributed by atoms with Crippen molar-refractivity contribution in [3.05, 3.63) is 59.7 Å². The molecule has 3 unspecified atom stereocenters. The lowest BCUT2D eigenvalue weighted by Gasteiger charge is -2.11. The molecule has 11 heteroatoms. The SMILES string of the molecule is CCOC(=O)C1C(C(=O)NN=Cc2ccc(N(C)C)cc2)C1C(=O)Nc1cccc(C(F)(F)F)c1. The van der Waals surface area contributed by atoms with Gasteiger partial charge in [0.2, 0.25) is 11.8 Å². The molecule has 0 aromatic heterocycles. The Bertz CT molecular complexity index is 1120. The zero-order valence-corrected chi connectivity index (χ0v) is 19.3. The fourth-order valence-electron chi connectivity index (χ4n) is 3.60. The number of hydrogen-bond acceptors (Lipinski definition) is 6. The molecular formula is C24H25F3N4O4. The van der Waals surface area contributed by atoms with Crippen LogP contribution in [0.15, 0.2) is 53.6 Å². The van der Waals surface area contributed by atoms with Crippen LogP contribution in [0.5, 0.6) is 0 Å². The molecule has 8 nitrogen and oxygen atoms in total. The number of halogens is 3. The summed E-state index contributed by atoms with van der Waals surface area (Å²) >= 11 is 0. The van der Waals surface area contributed by atoms with E-state index in [0.717, 1.165) is 23.9 Å². The fourth-order valence-corrected chi connectivity index (χ4v) is 3.60. The summed E-state index contributed by atoms with van der Waals surface area (Å²) in [6, 6.07) is 11.4. The van der Waals surface area contributed by atoms with E-state index in [-0.39, 0.29) is 12.3 Å². The van der Waals surface area contributed by atoms with Crippen LogP contribution in [0.2, 0.25) is 0 Å². The van der Waals surface area contributed by atoms with E-state index >= 15 is 0 Å². The molecule has 35 heavy (non-hydrogen) atoms. The van der Waals surface area contributed by atoms with Gasteiger partial charge in [0.25, 0.3) is 0 Å². The number of benzene rings is 2. The van der Waals surface area contributed by atoms with Crippen molar-refractivity contribution in [2.45, 2.75) is 13.1 Å². The summed E-state index contributed by atoms with van der Waals surface area (Å²) in [5.74, 6) is -5.39. The summed E-state index contributed by atoms with van der Waals surface area (Å²) in [5, 5.41) is 6.24. The molecule has 0 saturated heterocycles. The van der Waals surface area contributed by atoms with E-state index in [2.05, 4.69) is 15.8 Å². The van der Waals surface area contributed by atoms with Crippen LogP contribution in [-0.2, 0) is 25.3 Å². The second kappa shape index (κ2) is 10.6. The van der Waals surface area contributed by atoms with Crippen molar-refractivity contribution in [2.24, 2.45) is 22.9 Å². The molecule has 1 fully saturated rings. The number of amides is 2. The first-order chi connectivity index (χ1) is 16.5. The first-order valence-corrected chi connectivity index (χ1v) is 10.8. The fraction of sp³-hybridized carbons (Fsp3) is 0.333. The van der Waals surface area contributed by atoms with Crippen LogP contribution in [0.4, 0.5) is 24.5 Å². The van der Waals surface area contributed by atoms with Crippen molar-refractivity contribution in [3.8, 4) is 0 Å². The van der Waals surface area contributed by atoms with Gasteiger partial charge in [-0.2, -0.15) is 18.3 Å². The maximum Gasteiger partial charge on any atom is 0.416 e. The molecule has 1 saturated carbocycles. The molecule has 1 aliphatic carbocycles. The smallest absolute Gasteiger partial charge is 0.416 e. The zero-order valence-electron chi connectivity index (χ0n) is 19.3. The number of hydrogen-bond donors (Lipinski definition) is 2. The van der Waals surface area contributed by atoms with Gasteiger partial charge in [0.1, 0.15) is 0 Å². The predicted molar refractivity (Wildman–Crippen MR) is 124 cm³/mol. The number of esters is 1. The minimum absolute atomic E-state index is 0.0483. The van der Waals surface area contributed by atoms with E-state index in [4.69, 9.17) is 4.74 Å². The Morgan fingerprint density at radius 3 is 2.29 bits per heavy atom. The third-order valence-electron chi connectivity index (χ3n) is 5.44. The van der Waals surface area contributed by atoms with Gasteiger partial charge in [0, 0.05) is 25.5 Å². The second-order valence-electron chi connectivity index (χ2n) is 8.12. The maximum absolute atomic E-state index is 13.0. The normalized spacial score (nSPS) is 19.2. The summed E-state index contributed by atoms with van der Waals surface area (Å²) in [6.07, 6.45) is -3.17. The number of carbonyl (C=O) groups excluding carboxylic acids is 3. The first kappa shape index (κ1) is 25.7. The molecule has 0 bridgehead atoms. The Labute approximate surface area is 200 Å². The van der Waals surface area contributed by atoms with Gasteiger partial charge in [0.15, 0.2) is 0 Å². The minimum atomic E-state index is -4.58. The van der Waals surface area contributed by atoms with Gasteiger partial charge in [-0.15, -0.1) is 0 Å². The molecule has 0 radical (unpaired) electrons. The van der Waals surface area contributed by atoms with Crippen LogP contribution in [0, 0.1) is 17.8 Å². The molecule has 1 aliphatic rings. The van der Waals surface area contributed by atoms with Crippen LogP contribution in [0.1, 0.15) is 18.1 Å². The molecule has 2 amide bonds. The third kappa shape index (κ3) is 6.37. The van der Waals surface area contributed by atoms with E-state index in [9.17, 15) is 27.6 Å². The molecule has 2 N–H and O–H groups in total. The van der Waals surface area contributed by atoms with Crippen LogP contribution in [-0.4, -0.2) is 44.7 Å². The summed E-state index contributed by atoms with van der Waals surface area (Å²) in [6.45, 7) is 1.63. The quantitative estimate of drug-likeness (QED) is 0.336. The van der Waals surface area contributed by atoms with Crippen LogP contribution in [0.3, 0.4) is 0 Å². The molecule has 2 aromatic carbocycles. The number of ether oxygens (including phenoxy) is 1. The molecule has 186 valence electrons. The van der Waals surface area contributed by atoms with E-state index in [1.807, 2.05) is 31.1 Å². The monoisotopic (exact) mass is 490 g/mol. The highest BCUT2D eigenvalue weighted by molar-refractivity contribution is 6.05. The van der Waals surface area contributed by atoms with Crippen LogP contribution >= 0.6 is 0 Å². The molecule has 0 heterocycles. The average molecular weight is 490 g/mol. The number of anilines is 2. The first-order valence-electron chi connectivity index (χ1n) is 10.8. The Kier molecular flexibility index (Phi) is 7.78. The highest BCUT2D eigenvalue weighted by Crippen LogP contribution is 2.48. The third-order valence-corrected chi connectivity index (χ3v) is 5.44. The molecule has 0 spiro atoms. The zero-order chi connectivity index (χ0) is 25.8. The summed E-state index contributed by atoms with van der Waals surface area (Å²) < 4.78 is 43.8. The van der Waals surface area contributed by atoms with Gasteiger partial charge >= 0.3 is 12.1 Å². The number of hydrazone groups is 1. The van der Waals surface area contributed by atoms with Crippen molar-refractivity contribution >= 4 is 35.4 Å². The number of alkyl halides is 3. The summed E-state index contributed by atoms with van der Waals surface area (Å²) in [5.41, 5.74) is 2.98. The topological polar surface area (TPSA) is 100 Å². The van der Waals surface area contributed by atoms with Crippen LogP contribution < -0.4 is 15.6 Å². The minimum Gasteiger partial charge on any atom is -0.466 e. The lowest BCUT2D eigenvalue weighted by atomic mass is 10.2. The van der Waals surface area contributed by atoms with Crippen molar-refractivity contribution in [1.82, 2.24) is 5.43 Å². The summed E-state index contributed by atoms with van der Waals surface area (Å²) in [7, 11) is 3.80. The standard InChI is InChI=1S/C24H25F3N4O4/c1-4-35-23(34)20-18(21(32)29-16-7-5-6-15(12-16)24(25,26)27)19(20)22(33)30-28-13-14-8-10-17(11-9-14)31(2)3/h5-13,18-20H,4H2,1-3H3,(H,29,32)(H,30,33). The van der Waals surface area contributed by atoms with Gasteiger partial charge in [0.05, 0.1) is 36.1 Å². The molecule has 0 aliphatic heterocycles. The van der Waals surface area contributed by atoms with Crippen molar-refractivity contribution < 1.29 is 32.3 Å². The van der Waals surface area contributed by atoms with Crippen molar-refractivity contribution in [1.29, 1.82) is 0 Å². The Morgan fingerprint density at radius 1 is 1.03 bits per heavy atom. The number of rotatable bonds is 8. The van der Waals surface area contributed by atoms with Crippen LogP contribution in [0.25, 0.3) is 0 Å². The number of nitrogens with one attached hydrogen (secondary N) is 2. The lowest BCUT2D eigenvalue weighted by Crippen LogP contribution is -2.24. The maximum atomic E-state index is 13.0. The van der Waals surface area contributed by atoms with Gasteiger partial charge in [-0.1, -0.05) is 18.2 Å². The van der Waals surface area contributed by atoms with E-state index in [1.165, 1.54) is 12.3 Å². The summed E-state index contributed by atoms with van der Waals surface area (Å²) in [4.78, 5) is 39.6. The van der Waals surface area contributed by atoms with E-state index in [1.54, 1.807) is 19.1 Å². The highest BCUT2D eigenvalue weighted by atomic mass is 19.4. The van der Waals surface area contributed by atoms with Gasteiger partial charge in [-0.3, -0.25) is 14.4 Å². The molecule has 2 aromatic rings. The Morgan fingerprint density at radius 2 is 1.69 bits per heavy atom. The van der Waals surface area contributed by atoms with Gasteiger partial charge in [-0.25, -0.2) is 5.43 Å². The Balaban J connectivity index is 1.68. The average Bonchev–Trinajstić information content (AvgIpc) is 3.55. The highest BCUT2D eigenvalue weighted by Gasteiger charge is 2.63.